The molecule has 1 nitrogen and oxygen atoms in total. The SMILES string of the molecule is CCCCC1([C@H](C)N)CC1. The molecule has 1 fully saturated rings. The van der Waals surface area contributed by atoms with Gasteiger partial charge in [0.1, 0.15) is 0 Å². The summed E-state index contributed by atoms with van der Waals surface area (Å²) in [5.41, 5.74) is 6.45. The Kier molecular flexibility index (Phi) is 2.35. The molecule has 1 aliphatic rings. The Hall–Kier alpha value is -0.0400. The van der Waals surface area contributed by atoms with E-state index < -0.39 is 0 Å². The van der Waals surface area contributed by atoms with E-state index in [0.717, 1.165) is 0 Å². The Morgan fingerprint density at radius 2 is 2.10 bits per heavy atom. The van der Waals surface area contributed by atoms with E-state index in [2.05, 4.69) is 13.8 Å². The molecular weight excluding hydrogens is 122 g/mol. The average molecular weight is 141 g/mol. The summed E-state index contributed by atoms with van der Waals surface area (Å²) < 4.78 is 0. The molecule has 0 spiro atoms. The Labute approximate surface area is 64.0 Å². The van der Waals surface area contributed by atoms with Crippen molar-refractivity contribution in [1.82, 2.24) is 0 Å². The van der Waals surface area contributed by atoms with Crippen LogP contribution in [-0.4, -0.2) is 6.04 Å². The van der Waals surface area contributed by atoms with Crippen LogP contribution in [0.25, 0.3) is 0 Å². The van der Waals surface area contributed by atoms with E-state index in [0.29, 0.717) is 11.5 Å². The molecule has 1 aliphatic carbocycles. The molecule has 10 heavy (non-hydrogen) atoms. The van der Waals surface area contributed by atoms with Crippen LogP contribution in [0.1, 0.15) is 46.0 Å². The third kappa shape index (κ3) is 1.51. The normalized spacial score (nSPS) is 24.3. The van der Waals surface area contributed by atoms with Crippen molar-refractivity contribution in [3.05, 3.63) is 0 Å². The molecule has 0 aromatic rings. The predicted molar refractivity (Wildman–Crippen MR) is 44.8 cm³/mol. The molecule has 0 radical (unpaired) electrons. The first-order valence-electron chi connectivity index (χ1n) is 4.47. The summed E-state index contributed by atoms with van der Waals surface area (Å²) in [4.78, 5) is 0. The lowest BCUT2D eigenvalue weighted by Crippen LogP contribution is -2.27. The van der Waals surface area contributed by atoms with Gasteiger partial charge in [0.05, 0.1) is 0 Å². The standard InChI is InChI=1S/C9H19N/c1-3-4-5-9(6-7-9)8(2)10/h8H,3-7,10H2,1-2H3/t8-/m0/s1. The van der Waals surface area contributed by atoms with Gasteiger partial charge in [0.2, 0.25) is 0 Å². The lowest BCUT2D eigenvalue weighted by Gasteiger charge is -2.18. The highest BCUT2D eigenvalue weighted by molar-refractivity contribution is 4.98. The number of hydrogen-bond donors (Lipinski definition) is 1. The zero-order valence-electron chi connectivity index (χ0n) is 7.19. The van der Waals surface area contributed by atoms with E-state index in [1.807, 2.05) is 0 Å². The first kappa shape index (κ1) is 8.06. The molecule has 0 saturated heterocycles. The van der Waals surface area contributed by atoms with E-state index in [1.165, 1.54) is 32.1 Å². The predicted octanol–water partition coefficient (Wildman–Crippen LogP) is 2.30. The van der Waals surface area contributed by atoms with Crippen LogP contribution in [0.2, 0.25) is 0 Å². The third-order valence-corrected chi connectivity index (χ3v) is 2.89. The van der Waals surface area contributed by atoms with Gasteiger partial charge >= 0.3 is 0 Å². The van der Waals surface area contributed by atoms with Crippen LogP contribution in [0.3, 0.4) is 0 Å². The second-order valence-electron chi connectivity index (χ2n) is 3.75. The highest BCUT2D eigenvalue weighted by Crippen LogP contribution is 2.51. The van der Waals surface area contributed by atoms with Crippen molar-refractivity contribution in [1.29, 1.82) is 0 Å². The Balaban J connectivity index is 2.24. The molecule has 0 unspecified atom stereocenters. The van der Waals surface area contributed by atoms with Crippen molar-refractivity contribution in [2.45, 2.75) is 52.0 Å². The summed E-state index contributed by atoms with van der Waals surface area (Å²) in [6.45, 7) is 4.40. The molecular formula is C9H19N. The summed E-state index contributed by atoms with van der Waals surface area (Å²) in [6.07, 6.45) is 6.80. The molecule has 1 atom stereocenters. The molecule has 60 valence electrons. The van der Waals surface area contributed by atoms with Crippen molar-refractivity contribution in [3.63, 3.8) is 0 Å². The quantitative estimate of drug-likeness (QED) is 0.638. The lowest BCUT2D eigenvalue weighted by molar-refractivity contribution is 0.377. The molecule has 1 heteroatoms. The van der Waals surface area contributed by atoms with Gasteiger partial charge in [0.15, 0.2) is 0 Å². The maximum absolute atomic E-state index is 5.87. The topological polar surface area (TPSA) is 26.0 Å². The fourth-order valence-electron chi connectivity index (χ4n) is 1.62. The van der Waals surface area contributed by atoms with Gasteiger partial charge in [-0.05, 0) is 31.6 Å². The lowest BCUT2D eigenvalue weighted by atomic mass is 9.92. The average Bonchev–Trinajstić information content (AvgIpc) is 2.64. The molecule has 2 N–H and O–H groups in total. The third-order valence-electron chi connectivity index (χ3n) is 2.89. The minimum Gasteiger partial charge on any atom is -0.327 e. The van der Waals surface area contributed by atoms with E-state index in [9.17, 15) is 0 Å². The van der Waals surface area contributed by atoms with Crippen molar-refractivity contribution in [3.8, 4) is 0 Å². The van der Waals surface area contributed by atoms with Gasteiger partial charge in [-0.3, -0.25) is 0 Å². The second kappa shape index (κ2) is 2.91. The Morgan fingerprint density at radius 3 is 2.40 bits per heavy atom. The maximum Gasteiger partial charge on any atom is 0.00670 e. The Morgan fingerprint density at radius 1 is 1.50 bits per heavy atom. The largest absolute Gasteiger partial charge is 0.327 e. The minimum absolute atomic E-state index is 0.430. The van der Waals surface area contributed by atoms with Crippen molar-refractivity contribution in [2.24, 2.45) is 11.1 Å². The van der Waals surface area contributed by atoms with E-state index in [4.69, 9.17) is 5.73 Å². The first-order chi connectivity index (χ1) is 4.71. The fourth-order valence-corrected chi connectivity index (χ4v) is 1.62. The highest BCUT2D eigenvalue weighted by Gasteiger charge is 2.44. The van der Waals surface area contributed by atoms with Crippen LogP contribution < -0.4 is 5.73 Å². The van der Waals surface area contributed by atoms with Crippen LogP contribution in [0.4, 0.5) is 0 Å². The summed E-state index contributed by atoms with van der Waals surface area (Å²) in [5.74, 6) is 0. The first-order valence-corrected chi connectivity index (χ1v) is 4.47. The molecule has 0 aromatic heterocycles. The van der Waals surface area contributed by atoms with E-state index >= 15 is 0 Å². The molecule has 1 rings (SSSR count). The van der Waals surface area contributed by atoms with Crippen LogP contribution in [-0.2, 0) is 0 Å². The number of rotatable bonds is 4. The van der Waals surface area contributed by atoms with Crippen molar-refractivity contribution >= 4 is 0 Å². The molecule has 0 amide bonds. The van der Waals surface area contributed by atoms with Gasteiger partial charge in [-0.2, -0.15) is 0 Å². The zero-order valence-corrected chi connectivity index (χ0v) is 7.19. The van der Waals surface area contributed by atoms with E-state index in [1.54, 1.807) is 0 Å². The van der Waals surface area contributed by atoms with Crippen molar-refractivity contribution in [2.75, 3.05) is 0 Å². The Bertz CT molecular complexity index is 103. The summed E-state index contributed by atoms with van der Waals surface area (Å²) in [7, 11) is 0. The monoisotopic (exact) mass is 141 g/mol. The van der Waals surface area contributed by atoms with Crippen LogP contribution in [0.5, 0.6) is 0 Å². The van der Waals surface area contributed by atoms with Crippen molar-refractivity contribution < 1.29 is 0 Å². The van der Waals surface area contributed by atoms with Gasteiger partial charge in [0.25, 0.3) is 0 Å². The molecule has 1 saturated carbocycles. The van der Waals surface area contributed by atoms with Gasteiger partial charge in [-0.15, -0.1) is 0 Å². The summed E-state index contributed by atoms with van der Waals surface area (Å²) >= 11 is 0. The fraction of sp³-hybridized carbons (Fsp3) is 1.00. The molecule has 0 aromatic carbocycles. The summed E-state index contributed by atoms with van der Waals surface area (Å²) in [6, 6.07) is 0.430. The number of nitrogens with two attached hydrogens (primary N) is 1. The number of unbranched alkanes of at least 4 members (excludes halogenated alkanes) is 1. The zero-order chi connectivity index (χ0) is 7.61. The van der Waals surface area contributed by atoms with Gasteiger partial charge in [-0.1, -0.05) is 19.8 Å². The molecule has 0 aliphatic heterocycles. The number of hydrogen-bond acceptors (Lipinski definition) is 1. The van der Waals surface area contributed by atoms with Gasteiger partial charge in [-0.25, -0.2) is 0 Å². The second-order valence-corrected chi connectivity index (χ2v) is 3.75. The van der Waals surface area contributed by atoms with Crippen LogP contribution in [0.15, 0.2) is 0 Å². The summed E-state index contributed by atoms with van der Waals surface area (Å²) in [5, 5.41) is 0. The van der Waals surface area contributed by atoms with Crippen LogP contribution in [0, 0.1) is 5.41 Å². The van der Waals surface area contributed by atoms with Crippen LogP contribution >= 0.6 is 0 Å². The molecule has 0 heterocycles. The van der Waals surface area contributed by atoms with E-state index in [-0.39, 0.29) is 0 Å². The molecule has 0 bridgehead atoms. The maximum atomic E-state index is 5.87. The highest BCUT2D eigenvalue weighted by atomic mass is 14.7. The minimum atomic E-state index is 0.430. The smallest absolute Gasteiger partial charge is 0.00670 e. The van der Waals surface area contributed by atoms with Gasteiger partial charge < -0.3 is 5.73 Å². The van der Waals surface area contributed by atoms with Gasteiger partial charge in [0, 0.05) is 6.04 Å².